The largest absolute Gasteiger partial charge is 0.378 e. The number of ether oxygens (including phenoxy) is 1. The second-order valence-electron chi connectivity index (χ2n) is 6.49. The van der Waals surface area contributed by atoms with Crippen LogP contribution in [0.2, 0.25) is 5.02 Å². The van der Waals surface area contributed by atoms with Crippen LogP contribution < -0.4 is 15.5 Å². The van der Waals surface area contributed by atoms with Crippen LogP contribution in [0.5, 0.6) is 0 Å². The minimum absolute atomic E-state index is 0.0610. The van der Waals surface area contributed by atoms with E-state index in [1.807, 2.05) is 12.1 Å². The van der Waals surface area contributed by atoms with Crippen LogP contribution in [0, 0.1) is 0 Å². The van der Waals surface area contributed by atoms with Gasteiger partial charge in [0.05, 0.1) is 36.0 Å². The van der Waals surface area contributed by atoms with Gasteiger partial charge in [0.15, 0.2) is 0 Å². The number of carbonyl (C=O) groups is 2. The summed E-state index contributed by atoms with van der Waals surface area (Å²) in [6.07, 6.45) is 1.80. The van der Waals surface area contributed by atoms with Crippen molar-refractivity contribution in [3.63, 3.8) is 0 Å². The summed E-state index contributed by atoms with van der Waals surface area (Å²) in [7, 11) is 0. The van der Waals surface area contributed by atoms with Gasteiger partial charge < -0.3 is 20.3 Å². The van der Waals surface area contributed by atoms with Gasteiger partial charge in [0.25, 0.3) is 0 Å². The summed E-state index contributed by atoms with van der Waals surface area (Å²) in [6, 6.07) is 9.02. The summed E-state index contributed by atoms with van der Waals surface area (Å²) in [6.45, 7) is 3.06. The van der Waals surface area contributed by atoms with Crippen LogP contribution in [0.15, 0.2) is 41.4 Å². The molecule has 2 N–H and O–H groups in total. The van der Waals surface area contributed by atoms with Gasteiger partial charge in [-0.2, -0.15) is 0 Å². The van der Waals surface area contributed by atoms with E-state index in [4.69, 9.17) is 16.3 Å². The minimum atomic E-state index is -0.499. The van der Waals surface area contributed by atoms with E-state index in [9.17, 15) is 9.59 Å². The van der Waals surface area contributed by atoms with Gasteiger partial charge in [-0.3, -0.25) is 9.59 Å². The Morgan fingerprint density at radius 2 is 2.14 bits per heavy atom. The maximum Gasteiger partial charge on any atom is 0.238 e. The molecule has 28 heavy (non-hydrogen) atoms. The fourth-order valence-corrected chi connectivity index (χ4v) is 4.35. The van der Waals surface area contributed by atoms with E-state index >= 15 is 0 Å². The monoisotopic (exact) mass is 418 g/mol. The Morgan fingerprint density at radius 1 is 1.32 bits per heavy atom. The number of pyridine rings is 1. The maximum atomic E-state index is 12.4. The Hall–Kier alpha value is -2.29. The highest BCUT2D eigenvalue weighted by atomic mass is 35.5. The quantitative estimate of drug-likeness (QED) is 0.794. The van der Waals surface area contributed by atoms with Crippen LogP contribution >= 0.6 is 23.4 Å². The normalized spacial score (nSPS) is 19.0. The molecule has 0 radical (unpaired) electrons. The highest BCUT2D eigenvalue weighted by molar-refractivity contribution is 8.01. The summed E-state index contributed by atoms with van der Waals surface area (Å²) in [5.41, 5.74) is 1.68. The third kappa shape index (κ3) is 4.40. The van der Waals surface area contributed by atoms with Gasteiger partial charge in [0.1, 0.15) is 5.82 Å². The van der Waals surface area contributed by atoms with Crippen molar-refractivity contribution >= 4 is 52.4 Å². The first-order chi connectivity index (χ1) is 13.6. The number of thioether (sulfide) groups is 1. The molecule has 2 aliphatic heterocycles. The zero-order chi connectivity index (χ0) is 19.5. The topological polar surface area (TPSA) is 83.6 Å². The summed E-state index contributed by atoms with van der Waals surface area (Å²) in [4.78, 5) is 32.1. The third-order valence-corrected chi connectivity index (χ3v) is 6.03. The average molecular weight is 419 g/mol. The van der Waals surface area contributed by atoms with E-state index in [-0.39, 0.29) is 18.2 Å². The predicted molar refractivity (Wildman–Crippen MR) is 110 cm³/mol. The molecule has 2 amide bonds. The van der Waals surface area contributed by atoms with Crippen LogP contribution in [0.3, 0.4) is 0 Å². The summed E-state index contributed by atoms with van der Waals surface area (Å²) < 4.78 is 5.35. The molecule has 7 nitrogen and oxygen atoms in total. The zero-order valence-electron chi connectivity index (χ0n) is 15.0. The molecule has 2 aliphatic rings. The maximum absolute atomic E-state index is 12.4. The summed E-state index contributed by atoms with van der Waals surface area (Å²) >= 11 is 7.32. The molecule has 1 aromatic heterocycles. The molecule has 146 valence electrons. The second kappa shape index (κ2) is 8.38. The van der Waals surface area contributed by atoms with Gasteiger partial charge in [-0.1, -0.05) is 11.6 Å². The zero-order valence-corrected chi connectivity index (χ0v) is 16.6. The Balaban J connectivity index is 1.35. The van der Waals surface area contributed by atoms with Crippen LogP contribution in [0.4, 0.5) is 17.2 Å². The van der Waals surface area contributed by atoms with Gasteiger partial charge in [0.2, 0.25) is 11.8 Å². The molecule has 2 aromatic rings. The molecule has 0 saturated carbocycles. The molecule has 9 heteroatoms. The first-order valence-corrected chi connectivity index (χ1v) is 10.2. The summed E-state index contributed by atoms with van der Waals surface area (Å²) in [5, 5.41) is 5.63. The van der Waals surface area contributed by atoms with E-state index in [1.54, 1.807) is 24.4 Å². The average Bonchev–Trinajstić information content (AvgIpc) is 2.70. The van der Waals surface area contributed by atoms with Crippen LogP contribution in [-0.2, 0) is 14.3 Å². The van der Waals surface area contributed by atoms with Crippen molar-refractivity contribution in [1.29, 1.82) is 0 Å². The number of anilines is 3. The van der Waals surface area contributed by atoms with Gasteiger partial charge in [-0.15, -0.1) is 11.8 Å². The number of morpholine rings is 1. The number of nitrogens with one attached hydrogen (secondary N) is 2. The molecular formula is C19H19ClN4O3S. The standard InChI is InChI=1S/C19H19ClN4O3S/c20-12-1-3-15-14(9-12)22-19(26)16(28-15)10-18(25)23-17-4-2-13(11-21-17)24-5-7-27-8-6-24/h1-4,9,11,16H,5-8,10H2,(H,22,26)(H,21,23,25). The molecule has 1 saturated heterocycles. The molecule has 3 heterocycles. The second-order valence-corrected chi connectivity index (χ2v) is 8.17. The highest BCUT2D eigenvalue weighted by Gasteiger charge is 2.29. The first-order valence-electron chi connectivity index (χ1n) is 8.94. The predicted octanol–water partition coefficient (Wildman–Crippen LogP) is 3.01. The van der Waals surface area contributed by atoms with Crippen molar-refractivity contribution in [2.75, 3.05) is 41.8 Å². The number of nitrogens with zero attached hydrogens (tertiary/aromatic N) is 2. The third-order valence-electron chi connectivity index (χ3n) is 4.52. The van der Waals surface area contributed by atoms with Crippen molar-refractivity contribution in [2.45, 2.75) is 16.6 Å². The fraction of sp³-hybridized carbons (Fsp3) is 0.316. The number of fused-ring (bicyclic) bond motifs is 1. The van der Waals surface area contributed by atoms with Gasteiger partial charge >= 0.3 is 0 Å². The number of benzene rings is 1. The van der Waals surface area contributed by atoms with Gasteiger partial charge in [-0.05, 0) is 30.3 Å². The molecule has 1 unspecified atom stereocenters. The number of carbonyl (C=O) groups excluding carboxylic acids is 2. The Kier molecular flexibility index (Phi) is 5.70. The van der Waals surface area contributed by atoms with Crippen molar-refractivity contribution in [3.05, 3.63) is 41.6 Å². The van der Waals surface area contributed by atoms with E-state index in [0.717, 1.165) is 23.7 Å². The molecular weight excluding hydrogens is 400 g/mol. The van der Waals surface area contributed by atoms with Crippen molar-refractivity contribution < 1.29 is 14.3 Å². The number of halogens is 1. The van der Waals surface area contributed by atoms with Crippen molar-refractivity contribution in [1.82, 2.24) is 4.98 Å². The lowest BCUT2D eigenvalue weighted by Gasteiger charge is -2.28. The first kappa shape index (κ1) is 19.0. The molecule has 0 aliphatic carbocycles. The van der Waals surface area contributed by atoms with E-state index in [1.165, 1.54) is 11.8 Å². The molecule has 1 fully saturated rings. The van der Waals surface area contributed by atoms with Crippen molar-refractivity contribution in [3.8, 4) is 0 Å². The molecule has 1 atom stereocenters. The van der Waals surface area contributed by atoms with E-state index in [0.29, 0.717) is 29.7 Å². The van der Waals surface area contributed by atoms with Crippen LogP contribution in [-0.4, -0.2) is 48.4 Å². The van der Waals surface area contributed by atoms with E-state index in [2.05, 4.69) is 20.5 Å². The molecule has 0 bridgehead atoms. The number of hydrogen-bond donors (Lipinski definition) is 2. The Labute approximate surface area is 171 Å². The molecule has 0 spiro atoms. The Bertz CT molecular complexity index is 887. The lowest BCUT2D eigenvalue weighted by atomic mass is 10.2. The molecule has 1 aromatic carbocycles. The number of aromatic nitrogens is 1. The smallest absolute Gasteiger partial charge is 0.238 e. The SMILES string of the molecule is O=C(CC1Sc2ccc(Cl)cc2NC1=O)Nc1ccc(N2CCOCC2)cn1. The van der Waals surface area contributed by atoms with Crippen molar-refractivity contribution in [2.24, 2.45) is 0 Å². The van der Waals surface area contributed by atoms with E-state index < -0.39 is 5.25 Å². The van der Waals surface area contributed by atoms with Gasteiger partial charge in [0, 0.05) is 29.4 Å². The molecule has 4 rings (SSSR count). The summed E-state index contributed by atoms with van der Waals surface area (Å²) in [5.74, 6) is 0.0117. The van der Waals surface area contributed by atoms with Gasteiger partial charge in [-0.25, -0.2) is 4.98 Å². The fourth-order valence-electron chi connectivity index (χ4n) is 3.09. The Morgan fingerprint density at radius 3 is 2.89 bits per heavy atom. The van der Waals surface area contributed by atoms with Crippen LogP contribution in [0.25, 0.3) is 0 Å². The highest BCUT2D eigenvalue weighted by Crippen LogP contribution is 2.38. The minimum Gasteiger partial charge on any atom is -0.378 e. The number of rotatable bonds is 4. The lowest BCUT2D eigenvalue weighted by molar-refractivity contribution is -0.120. The number of amides is 2. The number of hydrogen-bond acceptors (Lipinski definition) is 6. The van der Waals surface area contributed by atoms with Crippen LogP contribution in [0.1, 0.15) is 6.42 Å². The lowest BCUT2D eigenvalue weighted by Crippen LogP contribution is -2.36.